The van der Waals surface area contributed by atoms with Gasteiger partial charge in [0.05, 0.1) is 11.8 Å². The van der Waals surface area contributed by atoms with Crippen LogP contribution < -0.4 is 5.32 Å². The van der Waals surface area contributed by atoms with Gasteiger partial charge in [-0.3, -0.25) is 4.79 Å². The summed E-state index contributed by atoms with van der Waals surface area (Å²) in [6, 6.07) is 12.8. The summed E-state index contributed by atoms with van der Waals surface area (Å²) in [5.41, 5.74) is 1.51. The van der Waals surface area contributed by atoms with Crippen molar-refractivity contribution in [1.82, 2.24) is 9.88 Å². The first kappa shape index (κ1) is 17.4. The van der Waals surface area contributed by atoms with Gasteiger partial charge in [0.25, 0.3) is 0 Å². The van der Waals surface area contributed by atoms with Crippen LogP contribution in [0.2, 0.25) is 0 Å². The van der Waals surface area contributed by atoms with Crippen LogP contribution in [0, 0.1) is 11.8 Å². The fraction of sp³-hybridized carbons (Fsp3) is 0.333. The van der Waals surface area contributed by atoms with Crippen LogP contribution in [0.4, 0.5) is 19.0 Å². The third kappa shape index (κ3) is 3.82. The van der Waals surface area contributed by atoms with Crippen LogP contribution in [-0.2, 0) is 4.79 Å². The summed E-state index contributed by atoms with van der Waals surface area (Å²) < 4.78 is 39.6. The lowest BCUT2D eigenvalue weighted by atomic mass is 9.94. The maximum atomic E-state index is 13.2. The Morgan fingerprint density at radius 3 is 2.56 bits per heavy atom. The van der Waals surface area contributed by atoms with Gasteiger partial charge in [0.2, 0.25) is 5.91 Å². The maximum Gasteiger partial charge on any atom is 0.393 e. The molecule has 4 nitrogen and oxygen atoms in total. The van der Waals surface area contributed by atoms with E-state index in [9.17, 15) is 18.0 Å². The molecule has 132 valence electrons. The van der Waals surface area contributed by atoms with E-state index in [1.807, 2.05) is 30.3 Å². The van der Waals surface area contributed by atoms with Crippen LogP contribution in [0.15, 0.2) is 48.7 Å². The Morgan fingerprint density at radius 1 is 1.16 bits per heavy atom. The molecule has 1 amide bonds. The van der Waals surface area contributed by atoms with E-state index in [0.29, 0.717) is 5.56 Å². The molecule has 0 unspecified atom stereocenters. The van der Waals surface area contributed by atoms with Crippen molar-refractivity contribution < 1.29 is 18.0 Å². The second-order valence-corrected chi connectivity index (χ2v) is 6.23. The van der Waals surface area contributed by atoms with E-state index in [1.54, 1.807) is 19.2 Å². The van der Waals surface area contributed by atoms with E-state index in [2.05, 4.69) is 10.3 Å². The SMILES string of the molecule is CN1C[C@@H](C(F)(F)F)[C@H](C(=O)Nc2ncccc2-c2ccccc2)C1. The number of alkyl halides is 3. The molecule has 25 heavy (non-hydrogen) atoms. The molecule has 2 aromatic rings. The number of hydrogen-bond acceptors (Lipinski definition) is 3. The molecular formula is C18H18F3N3O. The molecule has 0 spiro atoms. The number of aromatic nitrogens is 1. The smallest absolute Gasteiger partial charge is 0.310 e. The van der Waals surface area contributed by atoms with Crippen LogP contribution in [0.1, 0.15) is 0 Å². The largest absolute Gasteiger partial charge is 0.393 e. The number of carbonyl (C=O) groups excluding carboxylic acids is 1. The Labute approximate surface area is 143 Å². The average molecular weight is 349 g/mol. The Hall–Kier alpha value is -2.41. The average Bonchev–Trinajstić information content (AvgIpc) is 2.99. The number of nitrogens with zero attached hydrogens (tertiary/aromatic N) is 2. The summed E-state index contributed by atoms with van der Waals surface area (Å²) in [4.78, 5) is 18.2. The molecule has 1 aromatic carbocycles. The van der Waals surface area contributed by atoms with Gasteiger partial charge in [-0.15, -0.1) is 0 Å². The van der Waals surface area contributed by atoms with Crippen molar-refractivity contribution in [3.63, 3.8) is 0 Å². The standard InChI is InChI=1S/C18H18F3N3O/c1-24-10-14(15(11-24)18(19,20)21)17(25)23-16-13(8-5-9-22-16)12-6-3-2-4-7-12/h2-9,14-15H,10-11H2,1H3,(H,22,23,25)/t14-,15-/m1/s1. The second kappa shape index (κ2) is 6.84. The van der Waals surface area contributed by atoms with Gasteiger partial charge >= 0.3 is 6.18 Å². The number of likely N-dealkylation sites (tertiary alicyclic amines) is 1. The van der Waals surface area contributed by atoms with Gasteiger partial charge in [0.15, 0.2) is 0 Å². The molecule has 1 fully saturated rings. The minimum absolute atomic E-state index is 0.0729. The lowest BCUT2D eigenvalue weighted by molar-refractivity contribution is -0.182. The molecule has 1 aliphatic rings. The number of anilines is 1. The lowest BCUT2D eigenvalue weighted by Crippen LogP contribution is -2.37. The molecule has 2 heterocycles. The van der Waals surface area contributed by atoms with E-state index in [0.717, 1.165) is 5.56 Å². The fourth-order valence-corrected chi connectivity index (χ4v) is 3.16. The minimum atomic E-state index is -4.40. The number of amides is 1. The number of pyridine rings is 1. The minimum Gasteiger partial charge on any atom is -0.310 e. The van der Waals surface area contributed by atoms with Crippen LogP contribution in [0.3, 0.4) is 0 Å². The molecule has 1 N–H and O–H groups in total. The third-order valence-corrected chi connectivity index (χ3v) is 4.39. The summed E-state index contributed by atoms with van der Waals surface area (Å²) in [5.74, 6) is -3.19. The van der Waals surface area contributed by atoms with Gasteiger partial charge in [0, 0.05) is 24.8 Å². The Morgan fingerprint density at radius 2 is 1.88 bits per heavy atom. The van der Waals surface area contributed by atoms with E-state index < -0.39 is 23.9 Å². The van der Waals surface area contributed by atoms with E-state index in [4.69, 9.17) is 0 Å². The van der Waals surface area contributed by atoms with Crippen molar-refractivity contribution in [1.29, 1.82) is 0 Å². The summed E-state index contributed by atoms with van der Waals surface area (Å²) in [5, 5.41) is 2.60. The number of hydrogen-bond donors (Lipinski definition) is 1. The topological polar surface area (TPSA) is 45.2 Å². The zero-order valence-corrected chi connectivity index (χ0v) is 13.6. The second-order valence-electron chi connectivity index (χ2n) is 6.23. The molecule has 0 radical (unpaired) electrons. The van der Waals surface area contributed by atoms with Crippen molar-refractivity contribution >= 4 is 11.7 Å². The van der Waals surface area contributed by atoms with Crippen LogP contribution in [0.25, 0.3) is 11.1 Å². The Kier molecular flexibility index (Phi) is 4.76. The van der Waals surface area contributed by atoms with Gasteiger partial charge in [-0.2, -0.15) is 13.2 Å². The summed E-state index contributed by atoms with van der Waals surface area (Å²) in [7, 11) is 1.59. The number of rotatable bonds is 3. The molecule has 0 aliphatic carbocycles. The first-order chi connectivity index (χ1) is 11.9. The number of benzene rings is 1. The maximum absolute atomic E-state index is 13.2. The summed E-state index contributed by atoms with van der Waals surface area (Å²) >= 11 is 0. The lowest BCUT2D eigenvalue weighted by Gasteiger charge is -2.21. The molecule has 7 heteroatoms. The molecule has 1 saturated heterocycles. The van der Waals surface area contributed by atoms with E-state index in [1.165, 1.54) is 11.1 Å². The number of carbonyl (C=O) groups is 1. The molecule has 2 atom stereocenters. The highest BCUT2D eigenvalue weighted by Crippen LogP contribution is 2.38. The molecule has 1 aliphatic heterocycles. The molecule has 1 aromatic heterocycles. The highest BCUT2D eigenvalue weighted by atomic mass is 19.4. The molecule has 0 saturated carbocycles. The summed E-state index contributed by atoms with van der Waals surface area (Å²) in [6.45, 7) is -0.0984. The highest BCUT2D eigenvalue weighted by molar-refractivity contribution is 5.96. The first-order valence-electron chi connectivity index (χ1n) is 7.93. The van der Waals surface area contributed by atoms with E-state index >= 15 is 0 Å². The number of halogens is 3. The van der Waals surface area contributed by atoms with Crippen molar-refractivity contribution in [2.24, 2.45) is 11.8 Å². The molecule has 0 bridgehead atoms. The predicted molar refractivity (Wildman–Crippen MR) is 88.8 cm³/mol. The quantitative estimate of drug-likeness (QED) is 0.923. The van der Waals surface area contributed by atoms with Crippen molar-refractivity contribution in [3.05, 3.63) is 48.7 Å². The van der Waals surface area contributed by atoms with Crippen molar-refractivity contribution in [2.45, 2.75) is 6.18 Å². The Bertz CT molecular complexity index is 749. The predicted octanol–water partition coefficient (Wildman–Crippen LogP) is 3.43. The van der Waals surface area contributed by atoms with Crippen LogP contribution in [-0.4, -0.2) is 42.1 Å². The molecule has 3 rings (SSSR count). The van der Waals surface area contributed by atoms with Crippen molar-refractivity contribution in [2.75, 3.05) is 25.5 Å². The van der Waals surface area contributed by atoms with Crippen molar-refractivity contribution in [3.8, 4) is 11.1 Å². The highest BCUT2D eigenvalue weighted by Gasteiger charge is 2.51. The van der Waals surface area contributed by atoms with Gasteiger partial charge in [-0.1, -0.05) is 30.3 Å². The first-order valence-corrected chi connectivity index (χ1v) is 7.93. The zero-order valence-electron chi connectivity index (χ0n) is 13.6. The van der Waals surface area contributed by atoms with Gasteiger partial charge in [-0.05, 0) is 24.7 Å². The molecular weight excluding hydrogens is 331 g/mol. The third-order valence-electron chi connectivity index (χ3n) is 4.39. The Balaban J connectivity index is 1.85. The summed E-state index contributed by atoms with van der Waals surface area (Å²) in [6.07, 6.45) is -2.90. The van der Waals surface area contributed by atoms with Gasteiger partial charge in [0.1, 0.15) is 5.82 Å². The monoisotopic (exact) mass is 349 g/mol. The number of nitrogens with one attached hydrogen (secondary N) is 1. The fourth-order valence-electron chi connectivity index (χ4n) is 3.16. The van der Waals surface area contributed by atoms with Crippen LogP contribution in [0.5, 0.6) is 0 Å². The zero-order chi connectivity index (χ0) is 18.0. The van der Waals surface area contributed by atoms with Crippen LogP contribution >= 0.6 is 0 Å². The normalized spacial score (nSPS) is 21.3. The van der Waals surface area contributed by atoms with E-state index in [-0.39, 0.29) is 18.9 Å². The van der Waals surface area contributed by atoms with Gasteiger partial charge in [-0.25, -0.2) is 4.98 Å². The van der Waals surface area contributed by atoms with Gasteiger partial charge < -0.3 is 10.2 Å².